The average Bonchev–Trinajstić information content (AvgIpc) is 2.27. The van der Waals surface area contributed by atoms with Crippen LogP contribution in [0.5, 0.6) is 11.5 Å². The van der Waals surface area contributed by atoms with Crippen LogP contribution in [0.15, 0.2) is 18.2 Å². The van der Waals surface area contributed by atoms with Gasteiger partial charge in [0, 0.05) is 12.1 Å². The topological polar surface area (TPSA) is 95.6 Å². The minimum absolute atomic E-state index is 0.0318. The van der Waals surface area contributed by atoms with Gasteiger partial charge in [0.15, 0.2) is 0 Å². The van der Waals surface area contributed by atoms with Crippen LogP contribution in [0.2, 0.25) is 0 Å². The van der Waals surface area contributed by atoms with Gasteiger partial charge in [0.2, 0.25) is 0 Å². The average molecular weight is 252 g/mol. The first kappa shape index (κ1) is 14.3. The van der Waals surface area contributed by atoms with E-state index in [0.29, 0.717) is 13.0 Å². The zero-order valence-electron chi connectivity index (χ0n) is 10.7. The maximum Gasteiger partial charge on any atom is 0.255 e. The van der Waals surface area contributed by atoms with E-state index in [2.05, 4.69) is 5.32 Å². The summed E-state index contributed by atoms with van der Waals surface area (Å²) >= 11 is 0. The maximum atomic E-state index is 12.0. The second kappa shape index (κ2) is 6.26. The van der Waals surface area contributed by atoms with Crippen LogP contribution >= 0.6 is 0 Å². The Hall–Kier alpha value is -1.75. The van der Waals surface area contributed by atoms with Gasteiger partial charge in [-0.05, 0) is 31.0 Å². The summed E-state index contributed by atoms with van der Waals surface area (Å²) in [4.78, 5) is 12.0. The molecule has 1 amide bonds. The molecule has 1 atom stereocenters. The van der Waals surface area contributed by atoms with E-state index >= 15 is 0 Å². The largest absolute Gasteiger partial charge is 0.508 e. The molecule has 5 nitrogen and oxygen atoms in total. The third-order valence-electron chi connectivity index (χ3n) is 2.82. The molecule has 1 rings (SSSR count). The quantitative estimate of drug-likeness (QED) is 0.633. The number of rotatable bonds is 5. The van der Waals surface area contributed by atoms with Gasteiger partial charge in [-0.2, -0.15) is 0 Å². The fourth-order valence-corrected chi connectivity index (χ4v) is 1.71. The molecule has 1 aromatic carbocycles. The molecule has 0 saturated carbocycles. The smallest absolute Gasteiger partial charge is 0.255 e. The molecule has 0 spiro atoms. The number of carbonyl (C=O) groups excluding carboxylic acids is 1. The Bertz CT molecular complexity index is 419. The Morgan fingerprint density at radius 3 is 2.56 bits per heavy atom. The molecule has 0 heterocycles. The van der Waals surface area contributed by atoms with Crippen molar-refractivity contribution in [2.75, 3.05) is 6.54 Å². The number of aromatic hydroxyl groups is 2. The standard InChI is InChI=1S/C13H20N2O3/c1-8(2)11(5-6-14)15-13(18)10-4-3-9(16)7-12(10)17/h3-4,7-8,11,16-17H,5-6,14H2,1-2H3,(H,15,18). The normalized spacial score (nSPS) is 12.4. The van der Waals surface area contributed by atoms with E-state index in [4.69, 9.17) is 10.8 Å². The predicted octanol–water partition coefficient (Wildman–Crippen LogP) is 1.20. The van der Waals surface area contributed by atoms with Crippen LogP contribution in [-0.4, -0.2) is 28.7 Å². The first-order valence-corrected chi connectivity index (χ1v) is 5.98. The predicted molar refractivity (Wildman–Crippen MR) is 69.5 cm³/mol. The number of nitrogens with two attached hydrogens (primary N) is 1. The number of phenols is 2. The molecule has 0 aliphatic carbocycles. The number of hydrogen-bond acceptors (Lipinski definition) is 4. The first-order valence-electron chi connectivity index (χ1n) is 5.98. The van der Waals surface area contributed by atoms with Crippen LogP contribution in [0.3, 0.4) is 0 Å². The molecular weight excluding hydrogens is 232 g/mol. The summed E-state index contributed by atoms with van der Waals surface area (Å²) in [7, 11) is 0. The van der Waals surface area contributed by atoms with Crippen LogP contribution in [0.25, 0.3) is 0 Å². The number of amides is 1. The monoisotopic (exact) mass is 252 g/mol. The number of carbonyl (C=O) groups is 1. The molecule has 1 unspecified atom stereocenters. The van der Waals surface area contributed by atoms with Crippen molar-refractivity contribution in [3.63, 3.8) is 0 Å². The highest BCUT2D eigenvalue weighted by molar-refractivity contribution is 5.97. The highest BCUT2D eigenvalue weighted by atomic mass is 16.3. The van der Waals surface area contributed by atoms with Gasteiger partial charge in [-0.1, -0.05) is 13.8 Å². The van der Waals surface area contributed by atoms with E-state index in [0.717, 1.165) is 6.07 Å². The first-order chi connectivity index (χ1) is 8.45. The van der Waals surface area contributed by atoms with Gasteiger partial charge < -0.3 is 21.3 Å². The fraction of sp³-hybridized carbons (Fsp3) is 0.462. The Morgan fingerprint density at radius 2 is 2.06 bits per heavy atom. The minimum atomic E-state index is -0.361. The van der Waals surface area contributed by atoms with Crippen molar-refractivity contribution >= 4 is 5.91 Å². The Morgan fingerprint density at radius 1 is 1.39 bits per heavy atom. The Kier molecular flexibility index (Phi) is 4.97. The van der Waals surface area contributed by atoms with Crippen molar-refractivity contribution in [2.24, 2.45) is 11.7 Å². The lowest BCUT2D eigenvalue weighted by Gasteiger charge is -2.22. The van der Waals surface area contributed by atoms with Crippen molar-refractivity contribution in [1.29, 1.82) is 0 Å². The number of hydrogen-bond donors (Lipinski definition) is 4. The summed E-state index contributed by atoms with van der Waals surface area (Å²) in [5.41, 5.74) is 5.65. The summed E-state index contributed by atoms with van der Waals surface area (Å²) in [5.74, 6) is -0.411. The second-order valence-corrected chi connectivity index (χ2v) is 4.60. The van der Waals surface area contributed by atoms with Crippen molar-refractivity contribution in [3.05, 3.63) is 23.8 Å². The van der Waals surface area contributed by atoms with Gasteiger partial charge >= 0.3 is 0 Å². The third kappa shape index (κ3) is 3.63. The fourth-order valence-electron chi connectivity index (χ4n) is 1.71. The Balaban J connectivity index is 2.80. The summed E-state index contributed by atoms with van der Waals surface area (Å²) in [5, 5.41) is 21.6. The molecule has 5 heteroatoms. The summed E-state index contributed by atoms with van der Waals surface area (Å²) in [6, 6.07) is 3.86. The molecule has 5 N–H and O–H groups in total. The van der Waals surface area contributed by atoms with Crippen molar-refractivity contribution < 1.29 is 15.0 Å². The molecule has 1 aromatic rings. The highest BCUT2D eigenvalue weighted by Gasteiger charge is 2.18. The van der Waals surface area contributed by atoms with Crippen LogP contribution in [0, 0.1) is 5.92 Å². The molecule has 0 saturated heterocycles. The zero-order valence-corrected chi connectivity index (χ0v) is 10.7. The lowest BCUT2D eigenvalue weighted by Crippen LogP contribution is -2.39. The molecule has 0 fully saturated rings. The lowest BCUT2D eigenvalue weighted by atomic mass is 10.0. The molecule has 0 bridgehead atoms. The third-order valence-corrected chi connectivity index (χ3v) is 2.82. The lowest BCUT2D eigenvalue weighted by molar-refractivity contribution is 0.0921. The zero-order chi connectivity index (χ0) is 13.7. The van der Waals surface area contributed by atoms with Gasteiger partial charge in [0.25, 0.3) is 5.91 Å². The molecule has 0 aromatic heterocycles. The van der Waals surface area contributed by atoms with E-state index in [9.17, 15) is 9.90 Å². The van der Waals surface area contributed by atoms with Crippen molar-refractivity contribution in [2.45, 2.75) is 26.3 Å². The summed E-state index contributed by atoms with van der Waals surface area (Å²) < 4.78 is 0. The SMILES string of the molecule is CC(C)C(CCN)NC(=O)c1ccc(O)cc1O. The van der Waals surface area contributed by atoms with Crippen LogP contribution < -0.4 is 11.1 Å². The van der Waals surface area contributed by atoms with E-state index in [1.165, 1.54) is 12.1 Å². The highest BCUT2D eigenvalue weighted by Crippen LogP contribution is 2.22. The van der Waals surface area contributed by atoms with Gasteiger partial charge in [-0.15, -0.1) is 0 Å². The molecule has 0 aliphatic heterocycles. The molecule has 100 valence electrons. The maximum absolute atomic E-state index is 12.0. The molecular formula is C13H20N2O3. The van der Waals surface area contributed by atoms with Crippen LogP contribution in [0.4, 0.5) is 0 Å². The summed E-state index contributed by atoms with van der Waals surface area (Å²) in [6.07, 6.45) is 0.683. The van der Waals surface area contributed by atoms with Gasteiger partial charge in [-0.25, -0.2) is 0 Å². The van der Waals surface area contributed by atoms with Crippen LogP contribution in [-0.2, 0) is 0 Å². The van der Waals surface area contributed by atoms with Crippen molar-refractivity contribution in [3.8, 4) is 11.5 Å². The molecule has 0 aliphatic rings. The van der Waals surface area contributed by atoms with Crippen LogP contribution in [0.1, 0.15) is 30.6 Å². The summed E-state index contributed by atoms with van der Waals surface area (Å²) in [6.45, 7) is 4.49. The van der Waals surface area contributed by atoms with E-state index in [1.807, 2.05) is 13.8 Å². The molecule has 18 heavy (non-hydrogen) atoms. The van der Waals surface area contributed by atoms with Gasteiger partial charge in [-0.3, -0.25) is 4.79 Å². The number of phenolic OH excluding ortho intramolecular Hbond substituents is 2. The molecule has 0 radical (unpaired) electrons. The van der Waals surface area contributed by atoms with E-state index in [1.54, 1.807) is 0 Å². The minimum Gasteiger partial charge on any atom is -0.508 e. The van der Waals surface area contributed by atoms with Gasteiger partial charge in [0.05, 0.1) is 5.56 Å². The second-order valence-electron chi connectivity index (χ2n) is 4.60. The van der Waals surface area contributed by atoms with Gasteiger partial charge in [0.1, 0.15) is 11.5 Å². The Labute approximate surface area is 107 Å². The number of nitrogens with one attached hydrogen (secondary N) is 1. The van der Waals surface area contributed by atoms with E-state index in [-0.39, 0.29) is 34.9 Å². The van der Waals surface area contributed by atoms with Crippen molar-refractivity contribution in [1.82, 2.24) is 5.32 Å². The number of benzene rings is 1. The van der Waals surface area contributed by atoms with E-state index < -0.39 is 0 Å².